The molecule has 1 aromatic rings. The van der Waals surface area contributed by atoms with Gasteiger partial charge in [0.05, 0.1) is 6.20 Å². The monoisotopic (exact) mass is 212 g/mol. The normalized spacial score (nSPS) is 20.2. The van der Waals surface area contributed by atoms with E-state index in [9.17, 15) is 0 Å². The highest BCUT2D eigenvalue weighted by Crippen LogP contribution is 2.13. The molecule has 0 spiro atoms. The summed E-state index contributed by atoms with van der Waals surface area (Å²) < 4.78 is 5.71. The van der Waals surface area contributed by atoms with Crippen molar-refractivity contribution in [3.05, 3.63) is 24.0 Å². The smallest absolute Gasteiger partial charge is 0.138 e. The van der Waals surface area contributed by atoms with E-state index in [2.05, 4.69) is 10.3 Å². The quantitative estimate of drug-likeness (QED) is 0.801. The average molecular weight is 212 g/mol. The lowest BCUT2D eigenvalue weighted by atomic mass is 10.3. The predicted molar refractivity (Wildman–Crippen MR) is 61.3 cm³/mol. The van der Waals surface area contributed by atoms with Crippen molar-refractivity contribution >= 4 is 13.5 Å². The van der Waals surface area contributed by atoms with Gasteiger partial charge in [0.2, 0.25) is 0 Å². The molecule has 0 amide bonds. The number of nitrogens with one attached hydrogen (secondary N) is 1. The van der Waals surface area contributed by atoms with Crippen LogP contribution in [0.3, 0.4) is 0 Å². The summed E-state index contributed by atoms with van der Waals surface area (Å²) in [7, 11) is 0. The minimum atomic E-state index is 0. The maximum absolute atomic E-state index is 5.71. The summed E-state index contributed by atoms with van der Waals surface area (Å²) in [4.78, 5) is 4.18. The van der Waals surface area contributed by atoms with Gasteiger partial charge in [-0.2, -0.15) is 13.5 Å². The van der Waals surface area contributed by atoms with Crippen LogP contribution in [-0.4, -0.2) is 24.2 Å². The first-order valence-electron chi connectivity index (χ1n) is 4.64. The van der Waals surface area contributed by atoms with Gasteiger partial charge in [-0.05, 0) is 32.0 Å². The molecule has 3 nitrogen and oxygen atoms in total. The Morgan fingerprint density at radius 2 is 2.36 bits per heavy atom. The molecule has 0 unspecified atom stereocenters. The minimum Gasteiger partial charge on any atom is -0.487 e. The Balaban J connectivity index is 0.000000980. The van der Waals surface area contributed by atoms with Crippen molar-refractivity contribution in [3.8, 4) is 5.75 Å². The molecular formula is C10H16N2OS. The lowest BCUT2D eigenvalue weighted by Crippen LogP contribution is -2.19. The number of hydrogen-bond acceptors (Lipinski definition) is 3. The molecule has 2 rings (SSSR count). The van der Waals surface area contributed by atoms with Gasteiger partial charge in [-0.3, -0.25) is 4.98 Å². The van der Waals surface area contributed by atoms with Crippen LogP contribution >= 0.6 is 13.5 Å². The molecule has 1 aromatic heterocycles. The van der Waals surface area contributed by atoms with E-state index < -0.39 is 0 Å². The highest BCUT2D eigenvalue weighted by atomic mass is 32.1. The van der Waals surface area contributed by atoms with Gasteiger partial charge in [0.1, 0.15) is 11.9 Å². The molecule has 4 heteroatoms. The summed E-state index contributed by atoms with van der Waals surface area (Å²) in [5.41, 5.74) is 1.02. The number of hydrogen-bond donors (Lipinski definition) is 1. The Morgan fingerprint density at radius 1 is 1.50 bits per heavy atom. The predicted octanol–water partition coefficient (Wildman–Crippen LogP) is 1.24. The van der Waals surface area contributed by atoms with Crippen LogP contribution in [0.4, 0.5) is 0 Å². The van der Waals surface area contributed by atoms with Crippen molar-refractivity contribution in [2.45, 2.75) is 19.4 Å². The molecule has 1 fully saturated rings. The van der Waals surface area contributed by atoms with Gasteiger partial charge < -0.3 is 10.1 Å². The molecule has 1 aliphatic heterocycles. The number of aromatic nitrogens is 1. The molecular weight excluding hydrogens is 196 g/mol. The van der Waals surface area contributed by atoms with Crippen LogP contribution in [0.2, 0.25) is 0 Å². The van der Waals surface area contributed by atoms with Gasteiger partial charge in [0.15, 0.2) is 0 Å². The van der Waals surface area contributed by atoms with Crippen LogP contribution in [-0.2, 0) is 0 Å². The molecule has 1 saturated heterocycles. The first kappa shape index (κ1) is 11.3. The van der Waals surface area contributed by atoms with Crippen LogP contribution in [0.5, 0.6) is 5.75 Å². The maximum Gasteiger partial charge on any atom is 0.138 e. The van der Waals surface area contributed by atoms with Crippen LogP contribution in [0.1, 0.15) is 12.1 Å². The fourth-order valence-electron chi connectivity index (χ4n) is 1.45. The van der Waals surface area contributed by atoms with Gasteiger partial charge in [0.25, 0.3) is 0 Å². The van der Waals surface area contributed by atoms with Crippen LogP contribution in [0.15, 0.2) is 18.3 Å². The molecule has 0 saturated carbocycles. The van der Waals surface area contributed by atoms with E-state index in [4.69, 9.17) is 4.74 Å². The SMILES string of the molecule is Cc1ccc(O[C@H]2CCNC2)cn1.S. The summed E-state index contributed by atoms with van der Waals surface area (Å²) in [6.07, 6.45) is 3.20. The largest absolute Gasteiger partial charge is 0.487 e. The standard InChI is InChI=1S/C10H14N2O.H2S/c1-8-2-3-9(7-12-8)13-10-4-5-11-6-10;/h2-3,7,10-11H,4-6H2,1H3;1H2/t10-;/m0./s1. The summed E-state index contributed by atoms with van der Waals surface area (Å²) >= 11 is 0. The third-order valence-electron chi connectivity index (χ3n) is 2.20. The second-order valence-electron chi connectivity index (χ2n) is 3.37. The Bertz CT molecular complexity index is 270. The molecule has 0 radical (unpaired) electrons. The lowest BCUT2D eigenvalue weighted by Gasteiger charge is -2.11. The zero-order chi connectivity index (χ0) is 9.10. The molecule has 14 heavy (non-hydrogen) atoms. The van der Waals surface area contributed by atoms with Gasteiger partial charge in [-0.15, -0.1) is 0 Å². The summed E-state index contributed by atoms with van der Waals surface area (Å²) in [5, 5.41) is 3.26. The van der Waals surface area contributed by atoms with E-state index >= 15 is 0 Å². The molecule has 0 bridgehead atoms. The topological polar surface area (TPSA) is 34.1 Å². The molecule has 1 N–H and O–H groups in total. The minimum absolute atomic E-state index is 0. The Hall–Kier alpha value is -0.740. The van der Waals surface area contributed by atoms with Crippen molar-refractivity contribution in [1.82, 2.24) is 10.3 Å². The highest BCUT2D eigenvalue weighted by molar-refractivity contribution is 7.59. The Labute approximate surface area is 91.3 Å². The number of ether oxygens (including phenoxy) is 1. The summed E-state index contributed by atoms with van der Waals surface area (Å²) in [5.74, 6) is 0.874. The third-order valence-corrected chi connectivity index (χ3v) is 2.20. The van der Waals surface area contributed by atoms with E-state index in [-0.39, 0.29) is 13.5 Å². The van der Waals surface area contributed by atoms with Crippen LogP contribution in [0.25, 0.3) is 0 Å². The van der Waals surface area contributed by atoms with E-state index in [1.54, 1.807) is 6.20 Å². The van der Waals surface area contributed by atoms with E-state index in [0.717, 1.165) is 31.0 Å². The maximum atomic E-state index is 5.71. The molecule has 0 aromatic carbocycles. The van der Waals surface area contributed by atoms with Crippen molar-refractivity contribution in [3.63, 3.8) is 0 Å². The van der Waals surface area contributed by atoms with Crippen molar-refractivity contribution in [2.24, 2.45) is 0 Å². The average Bonchev–Trinajstić information content (AvgIpc) is 2.62. The van der Waals surface area contributed by atoms with Gasteiger partial charge >= 0.3 is 0 Å². The van der Waals surface area contributed by atoms with Gasteiger partial charge in [0, 0.05) is 12.2 Å². The Kier molecular flexibility index (Phi) is 4.22. The molecule has 78 valence electrons. The third kappa shape index (κ3) is 2.89. The lowest BCUT2D eigenvalue weighted by molar-refractivity contribution is 0.222. The fourth-order valence-corrected chi connectivity index (χ4v) is 1.45. The van der Waals surface area contributed by atoms with E-state index in [1.165, 1.54) is 0 Å². The molecule has 2 heterocycles. The summed E-state index contributed by atoms with van der Waals surface area (Å²) in [6, 6.07) is 3.94. The van der Waals surface area contributed by atoms with Crippen LogP contribution in [0, 0.1) is 6.92 Å². The fraction of sp³-hybridized carbons (Fsp3) is 0.500. The van der Waals surface area contributed by atoms with Crippen molar-refractivity contribution < 1.29 is 4.74 Å². The number of pyridine rings is 1. The zero-order valence-corrected chi connectivity index (χ0v) is 9.29. The molecule has 1 atom stereocenters. The van der Waals surface area contributed by atoms with E-state index in [1.807, 2.05) is 19.1 Å². The van der Waals surface area contributed by atoms with Crippen molar-refractivity contribution in [2.75, 3.05) is 13.1 Å². The van der Waals surface area contributed by atoms with Crippen molar-refractivity contribution in [1.29, 1.82) is 0 Å². The van der Waals surface area contributed by atoms with Crippen LogP contribution < -0.4 is 10.1 Å². The van der Waals surface area contributed by atoms with E-state index in [0.29, 0.717) is 6.10 Å². The molecule has 0 aliphatic carbocycles. The first-order valence-corrected chi connectivity index (χ1v) is 4.64. The van der Waals surface area contributed by atoms with Gasteiger partial charge in [-0.25, -0.2) is 0 Å². The number of aryl methyl sites for hydroxylation is 1. The number of nitrogens with zero attached hydrogens (tertiary/aromatic N) is 1. The second-order valence-corrected chi connectivity index (χ2v) is 3.37. The zero-order valence-electron chi connectivity index (χ0n) is 8.29. The summed E-state index contributed by atoms with van der Waals surface area (Å²) in [6.45, 7) is 3.98. The first-order chi connectivity index (χ1) is 6.34. The molecule has 1 aliphatic rings. The van der Waals surface area contributed by atoms with Gasteiger partial charge in [-0.1, -0.05) is 0 Å². The number of rotatable bonds is 2. The highest BCUT2D eigenvalue weighted by Gasteiger charge is 2.15. The second kappa shape index (κ2) is 5.22. The Morgan fingerprint density at radius 3 is 2.93 bits per heavy atom.